The monoisotopic (exact) mass is 200 g/mol. The van der Waals surface area contributed by atoms with Crippen LogP contribution in [0.4, 0.5) is 0 Å². The molecule has 1 N–H and O–H groups in total. The lowest BCUT2D eigenvalue weighted by atomic mass is 10.2. The van der Waals surface area contributed by atoms with Crippen LogP contribution in [0.15, 0.2) is 30.3 Å². The van der Waals surface area contributed by atoms with Gasteiger partial charge in [0.1, 0.15) is 5.75 Å². The Bertz CT molecular complexity index is 257. The molecule has 0 aliphatic heterocycles. The highest BCUT2D eigenvalue weighted by Gasteiger charge is 2.28. The van der Waals surface area contributed by atoms with E-state index in [2.05, 4.69) is 0 Å². The molecule has 0 bridgehead atoms. The first-order valence-electron chi connectivity index (χ1n) is 4.13. The number of hydrogen-bond donors (Lipinski definition) is 1. The minimum Gasteiger partial charge on any atom is -0.461 e. The summed E-state index contributed by atoms with van der Waals surface area (Å²) in [6.07, 6.45) is 0. The number of rotatable bonds is 3. The molecule has 2 atom stereocenters. The molecule has 0 heterocycles. The number of para-hydroxylation sites is 1. The van der Waals surface area contributed by atoms with E-state index in [1.165, 1.54) is 6.92 Å². The molecule has 2 nitrogen and oxygen atoms in total. The van der Waals surface area contributed by atoms with E-state index in [0.29, 0.717) is 5.75 Å². The number of alkyl halides is 1. The van der Waals surface area contributed by atoms with Gasteiger partial charge < -0.3 is 9.84 Å². The van der Waals surface area contributed by atoms with Gasteiger partial charge in [0, 0.05) is 6.92 Å². The van der Waals surface area contributed by atoms with Crippen molar-refractivity contribution in [3.8, 4) is 5.75 Å². The maximum Gasteiger partial charge on any atom is 0.221 e. The molecule has 1 aromatic carbocycles. The van der Waals surface area contributed by atoms with Crippen LogP contribution in [0, 0.1) is 0 Å². The van der Waals surface area contributed by atoms with Crippen molar-refractivity contribution in [2.45, 2.75) is 25.0 Å². The normalized spacial score (nSPS) is 17.5. The molecule has 3 heteroatoms. The van der Waals surface area contributed by atoms with Crippen LogP contribution in [-0.4, -0.2) is 16.3 Å². The van der Waals surface area contributed by atoms with E-state index in [-0.39, 0.29) is 0 Å². The second-order valence-electron chi connectivity index (χ2n) is 3.09. The highest BCUT2D eigenvalue weighted by atomic mass is 35.5. The molecular weight excluding hydrogens is 188 g/mol. The van der Waals surface area contributed by atoms with Gasteiger partial charge in [-0.2, -0.15) is 0 Å². The third-order valence-corrected chi connectivity index (χ3v) is 2.21. The van der Waals surface area contributed by atoms with Gasteiger partial charge in [-0.3, -0.25) is 0 Å². The van der Waals surface area contributed by atoms with E-state index in [4.69, 9.17) is 16.3 Å². The minimum absolute atomic E-state index is 0.465. The molecule has 0 spiro atoms. The van der Waals surface area contributed by atoms with E-state index >= 15 is 0 Å². The van der Waals surface area contributed by atoms with E-state index in [9.17, 15) is 5.11 Å². The summed E-state index contributed by atoms with van der Waals surface area (Å²) in [4.78, 5) is 0. The molecule has 2 unspecified atom stereocenters. The molecular formula is C10H13ClO2. The zero-order valence-corrected chi connectivity index (χ0v) is 8.45. The summed E-state index contributed by atoms with van der Waals surface area (Å²) >= 11 is 5.74. The van der Waals surface area contributed by atoms with Crippen molar-refractivity contribution in [3.63, 3.8) is 0 Å². The maximum atomic E-state index is 9.69. The lowest BCUT2D eigenvalue weighted by Crippen LogP contribution is -2.40. The predicted octanol–water partition coefficient (Wildman–Crippen LogP) is 2.40. The number of ether oxygens (including phenoxy) is 1. The van der Waals surface area contributed by atoms with Gasteiger partial charge in [0.2, 0.25) is 5.79 Å². The zero-order chi connectivity index (χ0) is 9.90. The smallest absolute Gasteiger partial charge is 0.221 e. The molecule has 72 valence electrons. The van der Waals surface area contributed by atoms with Crippen LogP contribution < -0.4 is 4.74 Å². The first kappa shape index (κ1) is 10.4. The first-order valence-corrected chi connectivity index (χ1v) is 4.56. The average Bonchev–Trinajstić information content (AvgIpc) is 2.05. The molecule has 0 radical (unpaired) electrons. The topological polar surface area (TPSA) is 29.5 Å². The summed E-state index contributed by atoms with van der Waals surface area (Å²) in [6.45, 7) is 3.22. The Balaban J connectivity index is 2.69. The third kappa shape index (κ3) is 2.90. The Morgan fingerprint density at radius 3 is 2.38 bits per heavy atom. The van der Waals surface area contributed by atoms with Gasteiger partial charge in [-0.1, -0.05) is 18.2 Å². The zero-order valence-electron chi connectivity index (χ0n) is 7.70. The SMILES string of the molecule is CC(Cl)C(C)(O)Oc1ccccc1. The first-order chi connectivity index (χ1) is 6.02. The van der Waals surface area contributed by atoms with Crippen LogP contribution in [0.25, 0.3) is 0 Å². The molecule has 1 aromatic rings. The highest BCUT2D eigenvalue weighted by molar-refractivity contribution is 6.21. The minimum atomic E-state index is -1.33. The second-order valence-corrected chi connectivity index (χ2v) is 3.74. The molecule has 0 amide bonds. The quantitative estimate of drug-likeness (QED) is 0.600. The van der Waals surface area contributed by atoms with Gasteiger partial charge in [-0.15, -0.1) is 11.6 Å². The summed E-state index contributed by atoms with van der Waals surface area (Å²) in [5.74, 6) is -0.719. The Labute approximate surface area is 83.1 Å². The fourth-order valence-electron chi connectivity index (χ4n) is 0.808. The summed E-state index contributed by atoms with van der Waals surface area (Å²) in [7, 11) is 0. The van der Waals surface area contributed by atoms with Crippen molar-refractivity contribution in [2.75, 3.05) is 0 Å². The highest BCUT2D eigenvalue weighted by Crippen LogP contribution is 2.21. The summed E-state index contributed by atoms with van der Waals surface area (Å²) in [5, 5.41) is 9.23. The van der Waals surface area contributed by atoms with Crippen LogP contribution in [0.5, 0.6) is 5.75 Å². The van der Waals surface area contributed by atoms with Crippen LogP contribution in [0.2, 0.25) is 0 Å². The van der Waals surface area contributed by atoms with Crippen LogP contribution in [0.1, 0.15) is 13.8 Å². The molecule has 0 saturated carbocycles. The molecule has 13 heavy (non-hydrogen) atoms. The van der Waals surface area contributed by atoms with Gasteiger partial charge in [0.25, 0.3) is 0 Å². The number of halogens is 1. The van der Waals surface area contributed by atoms with Gasteiger partial charge in [-0.05, 0) is 19.1 Å². The van der Waals surface area contributed by atoms with Crippen LogP contribution in [-0.2, 0) is 0 Å². The van der Waals surface area contributed by atoms with Crippen molar-refractivity contribution in [2.24, 2.45) is 0 Å². The fraction of sp³-hybridized carbons (Fsp3) is 0.400. The number of benzene rings is 1. The third-order valence-electron chi connectivity index (χ3n) is 1.81. The van der Waals surface area contributed by atoms with Gasteiger partial charge in [0.05, 0.1) is 5.38 Å². The van der Waals surface area contributed by atoms with E-state index in [0.717, 1.165) is 0 Å². The summed E-state index contributed by atoms with van der Waals surface area (Å²) < 4.78 is 5.29. The van der Waals surface area contributed by atoms with Crippen molar-refractivity contribution in [3.05, 3.63) is 30.3 Å². The Kier molecular flexibility index (Phi) is 3.17. The van der Waals surface area contributed by atoms with Gasteiger partial charge in [0.15, 0.2) is 0 Å². The Morgan fingerprint density at radius 1 is 1.38 bits per heavy atom. The maximum absolute atomic E-state index is 9.69. The van der Waals surface area contributed by atoms with Crippen molar-refractivity contribution < 1.29 is 9.84 Å². The molecule has 0 fully saturated rings. The largest absolute Gasteiger partial charge is 0.461 e. The summed E-state index contributed by atoms with van der Waals surface area (Å²) in [5.41, 5.74) is 0. The van der Waals surface area contributed by atoms with Crippen molar-refractivity contribution >= 4 is 11.6 Å². The van der Waals surface area contributed by atoms with Crippen molar-refractivity contribution in [1.29, 1.82) is 0 Å². The predicted molar refractivity (Wildman–Crippen MR) is 53.0 cm³/mol. The number of aliphatic hydroxyl groups is 1. The average molecular weight is 201 g/mol. The van der Waals surface area contributed by atoms with E-state index in [1.807, 2.05) is 18.2 Å². The lowest BCUT2D eigenvalue weighted by molar-refractivity contribution is -0.119. The van der Waals surface area contributed by atoms with E-state index in [1.54, 1.807) is 19.1 Å². The molecule has 0 aliphatic carbocycles. The van der Waals surface area contributed by atoms with E-state index < -0.39 is 11.2 Å². The lowest BCUT2D eigenvalue weighted by Gasteiger charge is -2.26. The van der Waals surface area contributed by atoms with Crippen LogP contribution in [0.3, 0.4) is 0 Å². The van der Waals surface area contributed by atoms with Gasteiger partial charge >= 0.3 is 0 Å². The van der Waals surface area contributed by atoms with Crippen LogP contribution >= 0.6 is 11.6 Å². The second kappa shape index (κ2) is 3.99. The molecule has 0 aromatic heterocycles. The molecule has 1 rings (SSSR count). The van der Waals surface area contributed by atoms with Crippen molar-refractivity contribution in [1.82, 2.24) is 0 Å². The molecule has 0 aliphatic rings. The Morgan fingerprint density at radius 2 is 1.92 bits per heavy atom. The van der Waals surface area contributed by atoms with Gasteiger partial charge in [-0.25, -0.2) is 0 Å². The standard InChI is InChI=1S/C10H13ClO2/c1-8(11)10(2,12)13-9-6-4-3-5-7-9/h3-8,12H,1-2H3. The molecule has 0 saturated heterocycles. The number of hydrogen-bond acceptors (Lipinski definition) is 2. The fourth-order valence-corrected chi connectivity index (χ4v) is 0.853. The Hall–Kier alpha value is -0.730. The summed E-state index contributed by atoms with van der Waals surface area (Å²) in [6, 6.07) is 9.10.